The Kier molecular flexibility index (Phi) is 4.63. The van der Waals surface area contributed by atoms with E-state index in [0.29, 0.717) is 11.6 Å². The van der Waals surface area contributed by atoms with E-state index in [1.807, 2.05) is 18.7 Å². The van der Waals surface area contributed by atoms with Gasteiger partial charge in [-0.25, -0.2) is 13.4 Å². The second-order valence-corrected chi connectivity index (χ2v) is 9.73. The molecule has 24 heavy (non-hydrogen) atoms. The minimum absolute atomic E-state index is 0.0824. The Morgan fingerprint density at radius 1 is 1.42 bits per heavy atom. The molecule has 1 saturated heterocycles. The van der Waals surface area contributed by atoms with Crippen molar-refractivity contribution in [3.63, 3.8) is 0 Å². The van der Waals surface area contributed by atoms with Crippen molar-refractivity contribution < 1.29 is 13.2 Å². The number of carbonyl (C=O) groups is 1. The van der Waals surface area contributed by atoms with Crippen LogP contribution in [0.15, 0.2) is 12.1 Å². The second kappa shape index (κ2) is 6.42. The number of benzene rings is 1. The van der Waals surface area contributed by atoms with Gasteiger partial charge in [0, 0.05) is 6.04 Å². The maximum Gasteiger partial charge on any atom is 0.240 e. The number of anilines is 1. The smallest absolute Gasteiger partial charge is 0.240 e. The van der Waals surface area contributed by atoms with Crippen molar-refractivity contribution in [2.24, 2.45) is 0 Å². The fraction of sp³-hybridized carbons (Fsp3) is 0.500. The summed E-state index contributed by atoms with van der Waals surface area (Å²) in [5.41, 5.74) is 3.18. The van der Waals surface area contributed by atoms with Gasteiger partial charge >= 0.3 is 0 Å². The van der Waals surface area contributed by atoms with Gasteiger partial charge in [0.1, 0.15) is 0 Å². The van der Waals surface area contributed by atoms with Crippen LogP contribution in [0.2, 0.25) is 0 Å². The number of hydrogen-bond donors (Lipinski definition) is 1. The summed E-state index contributed by atoms with van der Waals surface area (Å²) >= 11 is 1.46. The van der Waals surface area contributed by atoms with E-state index in [2.05, 4.69) is 22.4 Å². The number of aryl methyl sites for hydroxylation is 2. The van der Waals surface area contributed by atoms with E-state index in [1.165, 1.54) is 16.9 Å². The highest BCUT2D eigenvalue weighted by molar-refractivity contribution is 7.91. The predicted octanol–water partition coefficient (Wildman–Crippen LogP) is 1.97. The van der Waals surface area contributed by atoms with Gasteiger partial charge in [0.05, 0.1) is 28.3 Å². The largest absolute Gasteiger partial charge is 0.301 e. The lowest BCUT2D eigenvalue weighted by atomic mass is 10.1. The molecule has 2 heterocycles. The quantitative estimate of drug-likeness (QED) is 0.894. The Bertz CT molecular complexity index is 889. The van der Waals surface area contributed by atoms with E-state index in [-0.39, 0.29) is 30.0 Å². The van der Waals surface area contributed by atoms with E-state index in [4.69, 9.17) is 0 Å². The molecule has 0 radical (unpaired) electrons. The number of hydrogen-bond acceptors (Lipinski definition) is 6. The number of likely N-dealkylation sites (N-methyl/N-ethyl adjacent to an activating group) is 1. The second-order valence-electron chi connectivity index (χ2n) is 6.47. The Labute approximate surface area is 145 Å². The minimum atomic E-state index is -2.95. The highest BCUT2D eigenvalue weighted by Crippen LogP contribution is 2.29. The van der Waals surface area contributed by atoms with Crippen molar-refractivity contribution in [1.82, 2.24) is 9.88 Å². The number of nitrogens with zero attached hydrogens (tertiary/aromatic N) is 2. The summed E-state index contributed by atoms with van der Waals surface area (Å²) in [6.07, 6.45) is 0.589. The molecule has 1 aliphatic rings. The topological polar surface area (TPSA) is 79.4 Å². The molecule has 1 aromatic heterocycles. The summed E-state index contributed by atoms with van der Waals surface area (Å²) < 4.78 is 24.1. The van der Waals surface area contributed by atoms with E-state index in [1.54, 1.807) is 7.05 Å². The van der Waals surface area contributed by atoms with Crippen LogP contribution in [0.4, 0.5) is 5.13 Å². The van der Waals surface area contributed by atoms with Gasteiger partial charge in [0.15, 0.2) is 15.0 Å². The molecule has 0 aliphatic carbocycles. The Balaban J connectivity index is 1.66. The Morgan fingerprint density at radius 3 is 2.83 bits per heavy atom. The molecule has 130 valence electrons. The molecule has 8 heteroatoms. The van der Waals surface area contributed by atoms with Gasteiger partial charge in [-0.05, 0) is 44.5 Å². The van der Waals surface area contributed by atoms with Gasteiger partial charge in [-0.2, -0.15) is 0 Å². The van der Waals surface area contributed by atoms with Crippen LogP contribution in [-0.4, -0.2) is 55.3 Å². The fourth-order valence-corrected chi connectivity index (χ4v) is 5.92. The summed E-state index contributed by atoms with van der Waals surface area (Å²) in [6.45, 7) is 4.21. The van der Waals surface area contributed by atoms with Crippen LogP contribution in [0.5, 0.6) is 0 Å². The average Bonchev–Trinajstić information content (AvgIpc) is 3.01. The third-order valence-corrected chi connectivity index (χ3v) is 6.97. The lowest BCUT2D eigenvalue weighted by molar-refractivity contribution is -0.117. The summed E-state index contributed by atoms with van der Waals surface area (Å²) in [5, 5.41) is 3.41. The van der Waals surface area contributed by atoms with Crippen molar-refractivity contribution in [1.29, 1.82) is 0 Å². The molecule has 1 N–H and O–H groups in total. The molecule has 0 bridgehead atoms. The number of carbonyl (C=O) groups excluding carboxylic acids is 1. The van der Waals surface area contributed by atoms with Crippen LogP contribution in [-0.2, 0) is 14.6 Å². The standard InChI is InChI=1S/C16H21N3O3S2/c1-10-6-11(2)15-13(7-10)23-16(18-15)17-14(20)8-19(3)12-4-5-24(21,22)9-12/h6-7,12H,4-5,8-9H2,1-3H3,(H,17,18,20). The first-order valence-electron chi connectivity index (χ1n) is 7.82. The Hall–Kier alpha value is -1.51. The number of amides is 1. The van der Waals surface area contributed by atoms with Crippen molar-refractivity contribution in [2.75, 3.05) is 30.4 Å². The van der Waals surface area contributed by atoms with E-state index >= 15 is 0 Å². The van der Waals surface area contributed by atoms with Gasteiger partial charge < -0.3 is 5.32 Å². The van der Waals surface area contributed by atoms with Gasteiger partial charge in [-0.15, -0.1) is 0 Å². The highest BCUT2D eigenvalue weighted by atomic mass is 32.2. The van der Waals surface area contributed by atoms with Crippen molar-refractivity contribution in [3.05, 3.63) is 23.3 Å². The maximum absolute atomic E-state index is 12.2. The molecule has 1 unspecified atom stereocenters. The highest BCUT2D eigenvalue weighted by Gasteiger charge is 2.31. The fourth-order valence-electron chi connectivity index (χ4n) is 3.06. The Morgan fingerprint density at radius 2 is 2.17 bits per heavy atom. The third kappa shape index (κ3) is 3.76. The molecule has 3 rings (SSSR count). The number of rotatable bonds is 4. The van der Waals surface area contributed by atoms with Crippen LogP contribution in [0.1, 0.15) is 17.5 Å². The first kappa shape index (κ1) is 17.3. The van der Waals surface area contributed by atoms with Gasteiger partial charge in [0.2, 0.25) is 5.91 Å². The summed E-state index contributed by atoms with van der Waals surface area (Å²) in [6, 6.07) is 4.05. The molecular formula is C16H21N3O3S2. The first-order chi connectivity index (χ1) is 11.2. The minimum Gasteiger partial charge on any atom is -0.301 e. The molecule has 1 atom stereocenters. The summed E-state index contributed by atoms with van der Waals surface area (Å²) in [7, 11) is -1.16. The molecule has 1 aromatic carbocycles. The molecule has 1 fully saturated rings. The number of fused-ring (bicyclic) bond motifs is 1. The van der Waals surface area contributed by atoms with E-state index < -0.39 is 9.84 Å². The number of sulfone groups is 1. The van der Waals surface area contributed by atoms with Crippen LogP contribution in [0, 0.1) is 13.8 Å². The monoisotopic (exact) mass is 367 g/mol. The molecule has 2 aromatic rings. The van der Waals surface area contributed by atoms with E-state index in [9.17, 15) is 13.2 Å². The molecule has 0 saturated carbocycles. The summed E-state index contributed by atoms with van der Waals surface area (Å²) in [4.78, 5) is 18.5. The van der Waals surface area contributed by atoms with Gasteiger partial charge in [-0.1, -0.05) is 17.4 Å². The van der Waals surface area contributed by atoms with E-state index in [0.717, 1.165) is 15.8 Å². The zero-order valence-corrected chi connectivity index (χ0v) is 15.6. The van der Waals surface area contributed by atoms with Crippen LogP contribution in [0.25, 0.3) is 10.2 Å². The first-order valence-corrected chi connectivity index (χ1v) is 10.5. The van der Waals surface area contributed by atoms with Crippen molar-refractivity contribution in [3.8, 4) is 0 Å². The van der Waals surface area contributed by atoms with Gasteiger partial charge in [-0.3, -0.25) is 9.69 Å². The van der Waals surface area contributed by atoms with Crippen LogP contribution in [0.3, 0.4) is 0 Å². The molecule has 1 aliphatic heterocycles. The maximum atomic E-state index is 12.2. The average molecular weight is 367 g/mol. The molecule has 1 amide bonds. The van der Waals surface area contributed by atoms with Gasteiger partial charge in [0.25, 0.3) is 0 Å². The van der Waals surface area contributed by atoms with Crippen molar-refractivity contribution >= 4 is 42.4 Å². The molecule has 6 nitrogen and oxygen atoms in total. The molecular weight excluding hydrogens is 346 g/mol. The number of thiazole rings is 1. The number of aromatic nitrogens is 1. The lowest BCUT2D eigenvalue weighted by Crippen LogP contribution is -2.38. The zero-order chi connectivity index (χ0) is 17.5. The summed E-state index contributed by atoms with van der Waals surface area (Å²) in [5.74, 6) is 0.173. The number of nitrogens with one attached hydrogen (secondary N) is 1. The van der Waals surface area contributed by atoms with Crippen molar-refractivity contribution in [2.45, 2.75) is 26.3 Å². The normalized spacial score (nSPS) is 19.9. The van der Waals surface area contributed by atoms with Crippen LogP contribution < -0.4 is 5.32 Å². The van der Waals surface area contributed by atoms with Crippen LogP contribution >= 0.6 is 11.3 Å². The lowest BCUT2D eigenvalue weighted by Gasteiger charge is -2.21. The predicted molar refractivity (Wildman–Crippen MR) is 97.4 cm³/mol. The molecule has 0 spiro atoms. The zero-order valence-electron chi connectivity index (χ0n) is 14.0. The third-order valence-electron chi connectivity index (χ3n) is 4.30. The SMILES string of the molecule is Cc1cc(C)c2nc(NC(=O)CN(C)C3CCS(=O)(=O)C3)sc2c1.